The van der Waals surface area contributed by atoms with E-state index in [1.54, 1.807) is 0 Å². The maximum Gasteiger partial charge on any atom is 0.226 e. The van der Waals surface area contributed by atoms with E-state index >= 15 is 0 Å². The van der Waals surface area contributed by atoms with Gasteiger partial charge >= 0.3 is 0 Å². The van der Waals surface area contributed by atoms with Crippen molar-refractivity contribution in [3.63, 3.8) is 0 Å². The second-order valence-electron chi connectivity index (χ2n) is 3.95. The van der Waals surface area contributed by atoms with Crippen molar-refractivity contribution in [1.82, 2.24) is 9.80 Å². The first-order chi connectivity index (χ1) is 7.19. The van der Waals surface area contributed by atoms with Crippen molar-refractivity contribution >= 4 is 17.5 Å². The number of hydrogen-bond acceptors (Lipinski definition) is 3. The Hall–Kier alpha value is -0.320. The number of carbonyl (C=O) groups excluding carboxylic acids is 1. The summed E-state index contributed by atoms with van der Waals surface area (Å²) in [7, 11) is 0. The minimum atomic E-state index is -0.0870. The molecule has 0 aromatic carbocycles. The van der Waals surface area contributed by atoms with Crippen LogP contribution in [0.2, 0.25) is 0 Å². The number of amides is 1. The summed E-state index contributed by atoms with van der Waals surface area (Å²) >= 11 is 5.65. The molecule has 1 unspecified atom stereocenters. The zero-order valence-electron chi connectivity index (χ0n) is 9.15. The van der Waals surface area contributed by atoms with Crippen LogP contribution in [-0.4, -0.2) is 66.0 Å². The summed E-state index contributed by atoms with van der Waals surface area (Å²) in [6.07, 6.45) is 0. The van der Waals surface area contributed by atoms with Gasteiger partial charge in [0, 0.05) is 44.5 Å². The normalized spacial score (nSPS) is 20.3. The zero-order valence-corrected chi connectivity index (χ0v) is 9.91. The van der Waals surface area contributed by atoms with Crippen LogP contribution < -0.4 is 0 Å². The lowest BCUT2D eigenvalue weighted by Gasteiger charge is -2.35. The number of alkyl halides is 1. The van der Waals surface area contributed by atoms with Crippen LogP contribution in [0.1, 0.15) is 6.92 Å². The minimum absolute atomic E-state index is 0.0870. The smallest absolute Gasteiger partial charge is 0.226 e. The van der Waals surface area contributed by atoms with Crippen molar-refractivity contribution in [1.29, 1.82) is 0 Å². The largest absolute Gasteiger partial charge is 0.395 e. The van der Waals surface area contributed by atoms with Crippen molar-refractivity contribution in [2.24, 2.45) is 5.92 Å². The molecule has 1 aliphatic heterocycles. The zero-order chi connectivity index (χ0) is 11.3. The second kappa shape index (κ2) is 6.30. The first kappa shape index (κ1) is 12.7. The third-order valence-corrected chi connectivity index (χ3v) is 3.22. The average Bonchev–Trinajstić information content (AvgIpc) is 2.28. The highest BCUT2D eigenvalue weighted by Crippen LogP contribution is 2.08. The summed E-state index contributed by atoms with van der Waals surface area (Å²) in [5, 5.41) is 8.78. The number of aliphatic hydroxyl groups is 1. The Morgan fingerprint density at radius 3 is 2.47 bits per heavy atom. The molecule has 0 spiro atoms. The van der Waals surface area contributed by atoms with Crippen LogP contribution in [0.4, 0.5) is 0 Å². The summed E-state index contributed by atoms with van der Waals surface area (Å²) in [6.45, 7) is 5.94. The topological polar surface area (TPSA) is 43.8 Å². The van der Waals surface area contributed by atoms with E-state index in [1.807, 2.05) is 11.8 Å². The predicted molar refractivity (Wildman–Crippen MR) is 60.0 cm³/mol. The van der Waals surface area contributed by atoms with Gasteiger partial charge in [-0.05, 0) is 0 Å². The van der Waals surface area contributed by atoms with Crippen LogP contribution in [0.3, 0.4) is 0 Å². The number of aliphatic hydroxyl groups excluding tert-OH is 1. The van der Waals surface area contributed by atoms with Crippen LogP contribution in [0.25, 0.3) is 0 Å². The lowest BCUT2D eigenvalue weighted by molar-refractivity contribution is -0.136. The second-order valence-corrected chi connectivity index (χ2v) is 4.25. The summed E-state index contributed by atoms with van der Waals surface area (Å²) in [4.78, 5) is 15.8. The fourth-order valence-corrected chi connectivity index (χ4v) is 1.84. The third kappa shape index (κ3) is 3.63. The van der Waals surface area contributed by atoms with Crippen molar-refractivity contribution in [3.05, 3.63) is 0 Å². The lowest BCUT2D eigenvalue weighted by atomic mass is 10.1. The SMILES string of the molecule is CC(CCl)C(=O)N1CCN(CCO)CC1. The van der Waals surface area contributed by atoms with Crippen LogP contribution >= 0.6 is 11.6 Å². The number of halogens is 1. The van der Waals surface area contributed by atoms with Gasteiger partial charge in [-0.15, -0.1) is 11.6 Å². The Morgan fingerprint density at radius 1 is 1.40 bits per heavy atom. The Labute approximate surface area is 95.8 Å². The van der Waals surface area contributed by atoms with Crippen molar-refractivity contribution in [2.45, 2.75) is 6.92 Å². The van der Waals surface area contributed by atoms with Gasteiger partial charge in [0.25, 0.3) is 0 Å². The van der Waals surface area contributed by atoms with Gasteiger partial charge in [0.05, 0.1) is 6.61 Å². The number of carbonyl (C=O) groups is 1. The number of rotatable bonds is 4. The fourth-order valence-electron chi connectivity index (χ4n) is 1.71. The molecule has 0 bridgehead atoms. The Morgan fingerprint density at radius 2 is 2.00 bits per heavy atom. The maximum atomic E-state index is 11.8. The maximum absolute atomic E-state index is 11.8. The van der Waals surface area contributed by atoms with Crippen LogP contribution in [0.15, 0.2) is 0 Å². The molecule has 1 amide bonds. The van der Waals surface area contributed by atoms with Gasteiger partial charge in [-0.25, -0.2) is 0 Å². The van der Waals surface area contributed by atoms with Gasteiger partial charge in [0.15, 0.2) is 0 Å². The van der Waals surface area contributed by atoms with E-state index in [4.69, 9.17) is 16.7 Å². The van der Waals surface area contributed by atoms with Crippen LogP contribution in [-0.2, 0) is 4.79 Å². The van der Waals surface area contributed by atoms with Crippen molar-refractivity contribution in [2.75, 3.05) is 45.2 Å². The minimum Gasteiger partial charge on any atom is -0.395 e. The van der Waals surface area contributed by atoms with Crippen LogP contribution in [0.5, 0.6) is 0 Å². The molecule has 0 aliphatic carbocycles. The van der Waals surface area contributed by atoms with Crippen LogP contribution in [0, 0.1) is 5.92 Å². The highest BCUT2D eigenvalue weighted by molar-refractivity contribution is 6.19. The Bertz CT molecular complexity index is 206. The molecular formula is C10H19ClN2O2. The third-order valence-electron chi connectivity index (χ3n) is 2.75. The molecule has 0 aromatic rings. The van der Waals surface area contributed by atoms with E-state index in [9.17, 15) is 4.79 Å². The van der Waals surface area contributed by atoms with Crippen molar-refractivity contribution in [3.8, 4) is 0 Å². The molecule has 1 atom stereocenters. The summed E-state index contributed by atoms with van der Waals surface area (Å²) in [6, 6.07) is 0. The van der Waals surface area contributed by atoms with E-state index in [2.05, 4.69) is 4.90 Å². The number of β-amino-alcohol motifs (C(OH)–C–C–N with tert-alkyl or cyclic N) is 1. The number of hydrogen-bond donors (Lipinski definition) is 1. The molecule has 1 aliphatic rings. The summed E-state index contributed by atoms with van der Waals surface area (Å²) in [5.74, 6) is 0.445. The molecule has 0 radical (unpaired) electrons. The molecule has 4 nitrogen and oxygen atoms in total. The molecule has 1 N–H and O–H groups in total. The molecule has 1 rings (SSSR count). The molecule has 0 saturated carbocycles. The van der Waals surface area contributed by atoms with Gasteiger partial charge < -0.3 is 10.0 Å². The van der Waals surface area contributed by atoms with Crippen molar-refractivity contribution < 1.29 is 9.90 Å². The molecule has 1 heterocycles. The standard InChI is InChI=1S/C10H19ClN2O2/c1-9(8-11)10(15)13-4-2-12(3-5-13)6-7-14/h9,14H,2-8H2,1H3. The van der Waals surface area contributed by atoms with Gasteiger partial charge in [0.2, 0.25) is 5.91 Å². The molecule has 88 valence electrons. The molecular weight excluding hydrogens is 216 g/mol. The van der Waals surface area contributed by atoms with E-state index in [-0.39, 0.29) is 18.4 Å². The van der Waals surface area contributed by atoms with E-state index < -0.39 is 0 Å². The molecule has 15 heavy (non-hydrogen) atoms. The number of nitrogens with zero attached hydrogens (tertiary/aromatic N) is 2. The number of piperazine rings is 1. The van der Waals surface area contributed by atoms with E-state index in [0.29, 0.717) is 12.4 Å². The first-order valence-corrected chi connectivity index (χ1v) is 5.90. The molecule has 5 heteroatoms. The van der Waals surface area contributed by atoms with Gasteiger partial charge in [-0.2, -0.15) is 0 Å². The monoisotopic (exact) mass is 234 g/mol. The lowest BCUT2D eigenvalue weighted by Crippen LogP contribution is -2.50. The first-order valence-electron chi connectivity index (χ1n) is 5.37. The van der Waals surface area contributed by atoms with Gasteiger partial charge in [0.1, 0.15) is 0 Å². The summed E-state index contributed by atoms with van der Waals surface area (Å²) < 4.78 is 0. The molecule has 1 saturated heterocycles. The molecule has 1 fully saturated rings. The fraction of sp³-hybridized carbons (Fsp3) is 0.900. The van der Waals surface area contributed by atoms with E-state index in [1.165, 1.54) is 0 Å². The van der Waals surface area contributed by atoms with Gasteiger partial charge in [-0.3, -0.25) is 9.69 Å². The highest BCUT2D eigenvalue weighted by atomic mass is 35.5. The van der Waals surface area contributed by atoms with E-state index in [0.717, 1.165) is 26.2 Å². The predicted octanol–water partition coefficient (Wildman–Crippen LogP) is -0.00220. The summed E-state index contributed by atoms with van der Waals surface area (Å²) in [5.41, 5.74) is 0. The average molecular weight is 235 g/mol. The Kier molecular flexibility index (Phi) is 5.36. The molecule has 0 aromatic heterocycles. The quantitative estimate of drug-likeness (QED) is 0.697. The Balaban J connectivity index is 2.33. The van der Waals surface area contributed by atoms with Gasteiger partial charge in [-0.1, -0.05) is 6.92 Å². The highest BCUT2D eigenvalue weighted by Gasteiger charge is 2.23.